The van der Waals surface area contributed by atoms with Crippen LogP contribution >= 0.6 is 0 Å². The summed E-state index contributed by atoms with van der Waals surface area (Å²) in [5.74, 6) is 0. The van der Waals surface area contributed by atoms with Crippen molar-refractivity contribution >= 4 is 0 Å². The van der Waals surface area contributed by atoms with Crippen molar-refractivity contribution in [3.8, 4) is 6.07 Å². The van der Waals surface area contributed by atoms with E-state index in [2.05, 4.69) is 30.1 Å². The van der Waals surface area contributed by atoms with E-state index in [9.17, 15) is 0 Å². The first kappa shape index (κ1) is 11.9. The van der Waals surface area contributed by atoms with E-state index < -0.39 is 0 Å². The summed E-state index contributed by atoms with van der Waals surface area (Å²) in [6, 6.07) is 3.48. The topological polar surface area (TPSA) is 39.1 Å². The summed E-state index contributed by atoms with van der Waals surface area (Å²) >= 11 is 0. The second-order valence-corrected chi connectivity index (χ2v) is 5.80. The Bertz CT molecular complexity index is 273. The Labute approximate surface area is 98.8 Å². The van der Waals surface area contributed by atoms with Gasteiger partial charge in [-0.3, -0.25) is 4.90 Å². The quantitative estimate of drug-likeness (QED) is 0.774. The molecule has 16 heavy (non-hydrogen) atoms. The molecule has 0 amide bonds. The number of hydrogen-bond donors (Lipinski definition) is 1. The molecule has 2 fully saturated rings. The largest absolute Gasteiger partial charge is 0.313 e. The minimum Gasteiger partial charge on any atom is -0.313 e. The van der Waals surface area contributed by atoms with E-state index in [1.807, 2.05) is 0 Å². The first-order valence-electron chi connectivity index (χ1n) is 6.51. The van der Waals surface area contributed by atoms with Crippen LogP contribution in [-0.4, -0.2) is 35.6 Å². The zero-order valence-corrected chi connectivity index (χ0v) is 10.5. The van der Waals surface area contributed by atoms with E-state index in [-0.39, 0.29) is 5.54 Å². The van der Waals surface area contributed by atoms with Crippen molar-refractivity contribution in [3.63, 3.8) is 0 Å². The summed E-state index contributed by atoms with van der Waals surface area (Å²) in [4.78, 5) is 2.64. The fourth-order valence-electron chi connectivity index (χ4n) is 3.48. The van der Waals surface area contributed by atoms with Gasteiger partial charge >= 0.3 is 0 Å². The van der Waals surface area contributed by atoms with Crippen molar-refractivity contribution in [2.75, 3.05) is 13.1 Å². The Hall–Kier alpha value is -0.590. The van der Waals surface area contributed by atoms with Gasteiger partial charge in [0.1, 0.15) is 0 Å². The van der Waals surface area contributed by atoms with Gasteiger partial charge in [0, 0.05) is 30.7 Å². The molecule has 1 saturated heterocycles. The van der Waals surface area contributed by atoms with Gasteiger partial charge in [-0.05, 0) is 26.7 Å². The number of nitrogens with one attached hydrogen (secondary N) is 1. The average molecular weight is 221 g/mol. The van der Waals surface area contributed by atoms with Crippen LogP contribution in [-0.2, 0) is 0 Å². The maximum absolute atomic E-state index is 8.94. The van der Waals surface area contributed by atoms with Crippen LogP contribution in [0, 0.1) is 11.3 Å². The van der Waals surface area contributed by atoms with Crippen molar-refractivity contribution in [3.05, 3.63) is 0 Å². The summed E-state index contributed by atoms with van der Waals surface area (Å²) in [6.07, 6.45) is 6.04. The fraction of sp³-hybridized carbons (Fsp3) is 0.923. The fourth-order valence-corrected chi connectivity index (χ4v) is 3.48. The molecule has 1 atom stereocenters. The van der Waals surface area contributed by atoms with Crippen LogP contribution < -0.4 is 5.32 Å². The first-order valence-corrected chi connectivity index (χ1v) is 6.51. The minimum absolute atomic E-state index is 0.203. The SMILES string of the molecule is CC1(C)CNCC(CC#N)N1C1CCCC1. The zero-order chi connectivity index (χ0) is 11.6. The molecule has 90 valence electrons. The summed E-state index contributed by atoms with van der Waals surface area (Å²) < 4.78 is 0. The van der Waals surface area contributed by atoms with Gasteiger partial charge in [-0.15, -0.1) is 0 Å². The molecule has 0 bridgehead atoms. The van der Waals surface area contributed by atoms with Crippen LogP contribution in [0.15, 0.2) is 0 Å². The summed E-state index contributed by atoms with van der Waals surface area (Å²) in [7, 11) is 0. The molecule has 0 aromatic rings. The number of nitriles is 1. The van der Waals surface area contributed by atoms with Crippen molar-refractivity contribution < 1.29 is 0 Å². The van der Waals surface area contributed by atoms with Crippen LogP contribution in [0.3, 0.4) is 0 Å². The van der Waals surface area contributed by atoms with Gasteiger partial charge in [0.15, 0.2) is 0 Å². The summed E-state index contributed by atoms with van der Waals surface area (Å²) in [5.41, 5.74) is 0.203. The van der Waals surface area contributed by atoms with E-state index >= 15 is 0 Å². The van der Waals surface area contributed by atoms with Gasteiger partial charge in [-0.1, -0.05) is 12.8 Å². The summed E-state index contributed by atoms with van der Waals surface area (Å²) in [5, 5.41) is 12.4. The molecule has 1 aliphatic carbocycles. The van der Waals surface area contributed by atoms with Gasteiger partial charge in [0.05, 0.1) is 12.5 Å². The lowest BCUT2D eigenvalue weighted by Gasteiger charge is -2.50. The Kier molecular flexibility index (Phi) is 3.51. The lowest BCUT2D eigenvalue weighted by atomic mass is 9.92. The molecule has 2 aliphatic rings. The molecule has 1 unspecified atom stereocenters. The highest BCUT2D eigenvalue weighted by molar-refractivity contribution is 5.00. The second kappa shape index (κ2) is 4.73. The molecule has 1 aliphatic heterocycles. The standard InChI is InChI=1S/C13H23N3/c1-13(2)10-15-9-12(7-8-14)16(13)11-5-3-4-6-11/h11-12,15H,3-7,9-10H2,1-2H3. The van der Waals surface area contributed by atoms with Gasteiger partial charge in [0.25, 0.3) is 0 Å². The van der Waals surface area contributed by atoms with Crippen molar-refractivity contribution in [2.24, 2.45) is 0 Å². The lowest BCUT2D eigenvalue weighted by molar-refractivity contribution is 0.000517. The van der Waals surface area contributed by atoms with Crippen molar-refractivity contribution in [2.45, 2.75) is 63.6 Å². The molecule has 1 heterocycles. The molecule has 3 heteroatoms. The van der Waals surface area contributed by atoms with E-state index in [0.717, 1.165) is 19.1 Å². The number of rotatable bonds is 2. The number of hydrogen-bond acceptors (Lipinski definition) is 3. The molecule has 0 aromatic heterocycles. The molecule has 0 radical (unpaired) electrons. The van der Waals surface area contributed by atoms with Gasteiger partial charge in [-0.25, -0.2) is 0 Å². The van der Waals surface area contributed by atoms with Crippen LogP contribution in [0.25, 0.3) is 0 Å². The smallest absolute Gasteiger partial charge is 0.0638 e. The Morgan fingerprint density at radius 3 is 2.69 bits per heavy atom. The molecule has 0 aromatic carbocycles. The van der Waals surface area contributed by atoms with Crippen molar-refractivity contribution in [1.29, 1.82) is 5.26 Å². The minimum atomic E-state index is 0.203. The Morgan fingerprint density at radius 1 is 1.38 bits per heavy atom. The normalized spacial score (nSPS) is 31.4. The second-order valence-electron chi connectivity index (χ2n) is 5.80. The highest BCUT2D eigenvalue weighted by Crippen LogP contribution is 2.33. The van der Waals surface area contributed by atoms with Gasteiger partial charge in [-0.2, -0.15) is 5.26 Å². The molecule has 1 saturated carbocycles. The molecular formula is C13H23N3. The average Bonchev–Trinajstić information content (AvgIpc) is 2.70. The highest BCUT2D eigenvalue weighted by atomic mass is 15.3. The van der Waals surface area contributed by atoms with Crippen molar-refractivity contribution in [1.82, 2.24) is 10.2 Å². The third-order valence-corrected chi connectivity index (χ3v) is 4.07. The zero-order valence-electron chi connectivity index (χ0n) is 10.5. The third-order valence-electron chi connectivity index (χ3n) is 4.07. The molecule has 1 N–H and O–H groups in total. The van der Waals surface area contributed by atoms with Gasteiger partial charge in [0.2, 0.25) is 0 Å². The maximum atomic E-state index is 8.94. The number of piperazine rings is 1. The van der Waals surface area contributed by atoms with E-state index in [1.165, 1.54) is 25.7 Å². The predicted octanol–water partition coefficient (Wildman–Crippen LogP) is 1.90. The summed E-state index contributed by atoms with van der Waals surface area (Å²) in [6.45, 7) is 6.64. The van der Waals surface area contributed by atoms with E-state index in [1.54, 1.807) is 0 Å². The molecule has 0 spiro atoms. The molecule has 3 nitrogen and oxygen atoms in total. The third kappa shape index (κ3) is 2.23. The van der Waals surface area contributed by atoms with Crippen LogP contribution in [0.5, 0.6) is 0 Å². The monoisotopic (exact) mass is 221 g/mol. The van der Waals surface area contributed by atoms with E-state index in [0.29, 0.717) is 12.5 Å². The first-order chi connectivity index (χ1) is 7.65. The van der Waals surface area contributed by atoms with Gasteiger partial charge < -0.3 is 5.32 Å². The van der Waals surface area contributed by atoms with Crippen LogP contribution in [0.4, 0.5) is 0 Å². The Morgan fingerprint density at radius 2 is 2.06 bits per heavy atom. The van der Waals surface area contributed by atoms with E-state index in [4.69, 9.17) is 5.26 Å². The predicted molar refractivity (Wildman–Crippen MR) is 65.1 cm³/mol. The Balaban J connectivity index is 2.14. The number of nitrogens with zero attached hydrogens (tertiary/aromatic N) is 2. The van der Waals surface area contributed by atoms with Crippen LogP contribution in [0.2, 0.25) is 0 Å². The molecule has 2 rings (SSSR count). The highest BCUT2D eigenvalue weighted by Gasteiger charge is 2.41. The maximum Gasteiger partial charge on any atom is 0.0638 e. The molecular weight excluding hydrogens is 198 g/mol. The van der Waals surface area contributed by atoms with Crippen LogP contribution in [0.1, 0.15) is 46.0 Å². The lowest BCUT2D eigenvalue weighted by Crippen LogP contribution is -2.65.